The summed E-state index contributed by atoms with van der Waals surface area (Å²) in [6.07, 6.45) is 0.418. The number of pyridine rings is 1. The first-order chi connectivity index (χ1) is 23.2. The number of carbonyl (C=O) groups is 1. The van der Waals surface area contributed by atoms with Crippen molar-refractivity contribution < 1.29 is 31.8 Å². The van der Waals surface area contributed by atoms with Crippen LogP contribution < -0.4 is 9.64 Å². The third-order valence-corrected chi connectivity index (χ3v) is 8.96. The number of amides is 1. The van der Waals surface area contributed by atoms with E-state index in [9.17, 15) is 18.0 Å². The number of anilines is 1. The zero-order valence-corrected chi connectivity index (χ0v) is 28.1. The zero-order valence-electron chi connectivity index (χ0n) is 27.3. The normalized spacial score (nSPS) is 19.8. The van der Waals surface area contributed by atoms with Gasteiger partial charge in [0.1, 0.15) is 41.1 Å². The molecule has 2 aromatic carbocycles. The zero-order chi connectivity index (χ0) is 35.2. The van der Waals surface area contributed by atoms with Gasteiger partial charge in [0.25, 0.3) is 5.92 Å². The molecule has 0 bridgehead atoms. The molecule has 15 heteroatoms. The number of rotatable bonds is 6. The van der Waals surface area contributed by atoms with Gasteiger partial charge in [0.05, 0.1) is 17.0 Å². The van der Waals surface area contributed by atoms with Crippen molar-refractivity contribution in [2.75, 3.05) is 51.3 Å². The maximum absolute atomic E-state index is 16.7. The van der Waals surface area contributed by atoms with Crippen molar-refractivity contribution >= 4 is 45.2 Å². The van der Waals surface area contributed by atoms with Gasteiger partial charge in [-0.2, -0.15) is 9.97 Å². The van der Waals surface area contributed by atoms with Crippen LogP contribution in [0, 0.1) is 18.2 Å². The topological polar surface area (TPSA) is 88.3 Å². The summed E-state index contributed by atoms with van der Waals surface area (Å²) in [5, 5.41) is 0.866. The van der Waals surface area contributed by atoms with Crippen LogP contribution in [-0.4, -0.2) is 101 Å². The molecule has 10 nitrogen and oxygen atoms in total. The molecular formula is C34H34ClF4N7O3. The van der Waals surface area contributed by atoms with Crippen LogP contribution in [0.3, 0.4) is 0 Å². The summed E-state index contributed by atoms with van der Waals surface area (Å²) in [5.41, 5.74) is -0.820. The van der Waals surface area contributed by atoms with Gasteiger partial charge in [0, 0.05) is 49.2 Å². The molecule has 1 amide bonds. The molecule has 2 atom stereocenters. The van der Waals surface area contributed by atoms with Crippen LogP contribution in [0.25, 0.3) is 37.8 Å². The first-order valence-corrected chi connectivity index (χ1v) is 16.1. The van der Waals surface area contributed by atoms with Crippen molar-refractivity contribution in [2.24, 2.45) is 0 Å². The number of hydrogen-bond acceptors (Lipinski definition) is 8. The summed E-state index contributed by atoms with van der Waals surface area (Å²) < 4.78 is 70.9. The number of benzene rings is 2. The fraction of sp³-hybridized carbons (Fsp3) is 0.441. The number of hydrogen-bond donors (Lipinski definition) is 0. The molecule has 4 aromatic rings. The van der Waals surface area contributed by atoms with E-state index in [1.165, 1.54) is 28.1 Å². The van der Waals surface area contributed by atoms with Crippen LogP contribution in [0.1, 0.15) is 27.2 Å². The molecule has 49 heavy (non-hydrogen) atoms. The second kappa shape index (κ2) is 13.1. The summed E-state index contributed by atoms with van der Waals surface area (Å²) in [5.74, 6) is -4.18. The van der Waals surface area contributed by atoms with Crippen molar-refractivity contribution in [1.29, 1.82) is 0 Å². The van der Waals surface area contributed by atoms with Gasteiger partial charge in [0.15, 0.2) is 5.82 Å². The largest absolute Gasteiger partial charge is 0.462 e. The summed E-state index contributed by atoms with van der Waals surface area (Å²) >= 11 is 6.35. The summed E-state index contributed by atoms with van der Waals surface area (Å²) in [6, 6.07) is 6.25. The van der Waals surface area contributed by atoms with Gasteiger partial charge in [0.2, 0.25) is 6.54 Å². The highest BCUT2D eigenvalue weighted by Crippen LogP contribution is 2.39. The van der Waals surface area contributed by atoms with Crippen LogP contribution in [0.2, 0.25) is 5.02 Å². The molecular weight excluding hydrogens is 666 g/mol. The Balaban J connectivity index is 1.43. The van der Waals surface area contributed by atoms with Crippen molar-refractivity contribution in [2.45, 2.75) is 50.8 Å². The third-order valence-electron chi connectivity index (χ3n) is 8.59. The average molecular weight is 700 g/mol. The Labute approximate surface area is 285 Å². The number of fused-ring (bicyclic) bond motifs is 2. The quantitative estimate of drug-likeness (QED) is 0.160. The predicted molar refractivity (Wildman–Crippen MR) is 177 cm³/mol. The van der Waals surface area contributed by atoms with Gasteiger partial charge in [-0.15, -0.1) is 0 Å². The highest BCUT2D eigenvalue weighted by Gasteiger charge is 2.43. The fourth-order valence-electron chi connectivity index (χ4n) is 6.31. The van der Waals surface area contributed by atoms with Crippen LogP contribution in [0.15, 0.2) is 36.5 Å². The minimum atomic E-state index is -2.88. The summed E-state index contributed by atoms with van der Waals surface area (Å²) in [4.78, 5) is 34.7. The Kier molecular flexibility index (Phi) is 9.19. The molecule has 2 aromatic heterocycles. The predicted octanol–water partition coefficient (Wildman–Crippen LogP) is 6.84. The first-order valence-electron chi connectivity index (χ1n) is 15.7. The van der Waals surface area contributed by atoms with Crippen molar-refractivity contribution in [3.8, 4) is 17.3 Å². The maximum atomic E-state index is 16.7. The molecule has 0 radical (unpaired) electrons. The van der Waals surface area contributed by atoms with Crippen LogP contribution in [-0.2, 0) is 4.74 Å². The highest BCUT2D eigenvalue weighted by molar-refractivity contribution is 6.36. The Morgan fingerprint density at radius 3 is 2.61 bits per heavy atom. The number of aromatic nitrogens is 3. The maximum Gasteiger partial charge on any atom is 0.410 e. The third kappa shape index (κ3) is 7.00. The van der Waals surface area contributed by atoms with Crippen LogP contribution in [0.5, 0.6) is 6.01 Å². The number of likely N-dealkylation sites (N-methyl/N-ethyl adjacent to an activating group) is 1. The number of likely N-dealkylation sites (tertiary alicyclic amines) is 1. The molecule has 2 fully saturated rings. The smallest absolute Gasteiger partial charge is 0.410 e. The van der Waals surface area contributed by atoms with Gasteiger partial charge < -0.3 is 19.2 Å². The number of piperazine rings is 1. The Morgan fingerprint density at radius 1 is 1.14 bits per heavy atom. The van der Waals surface area contributed by atoms with E-state index in [4.69, 9.17) is 27.6 Å². The van der Waals surface area contributed by atoms with E-state index in [0.29, 0.717) is 5.39 Å². The number of alkyl halides is 2. The van der Waals surface area contributed by atoms with E-state index in [2.05, 4.69) is 19.8 Å². The van der Waals surface area contributed by atoms with E-state index in [1.54, 1.807) is 50.9 Å². The molecule has 0 aliphatic carbocycles. The van der Waals surface area contributed by atoms with Crippen LogP contribution in [0.4, 0.5) is 28.2 Å². The molecule has 0 spiro atoms. The van der Waals surface area contributed by atoms with Crippen molar-refractivity contribution in [3.05, 3.63) is 64.6 Å². The Bertz CT molecular complexity index is 1970. The lowest BCUT2D eigenvalue weighted by Gasteiger charge is -2.40. The number of ether oxygens (including phenoxy) is 2. The molecule has 0 unspecified atom stereocenters. The monoisotopic (exact) mass is 699 g/mol. The van der Waals surface area contributed by atoms with Gasteiger partial charge in [-0.05, 0) is 39.3 Å². The van der Waals surface area contributed by atoms with E-state index in [0.717, 1.165) is 0 Å². The average Bonchev–Trinajstić information content (AvgIpc) is 3.31. The molecule has 0 saturated carbocycles. The molecule has 2 aliphatic heterocycles. The lowest BCUT2D eigenvalue weighted by atomic mass is 10.0. The van der Waals surface area contributed by atoms with Gasteiger partial charge in [-0.1, -0.05) is 35.9 Å². The minimum Gasteiger partial charge on any atom is -0.462 e. The van der Waals surface area contributed by atoms with Gasteiger partial charge >= 0.3 is 12.1 Å². The molecule has 4 heterocycles. The van der Waals surface area contributed by atoms with Crippen molar-refractivity contribution in [1.82, 2.24) is 24.8 Å². The minimum absolute atomic E-state index is 0.0283. The van der Waals surface area contributed by atoms with Crippen molar-refractivity contribution in [3.63, 3.8) is 0 Å². The Hall–Kier alpha value is -4.48. The van der Waals surface area contributed by atoms with Crippen LogP contribution >= 0.6 is 11.6 Å². The number of nitrogens with zero attached hydrogens (tertiary/aromatic N) is 7. The molecule has 258 valence electrons. The summed E-state index contributed by atoms with van der Waals surface area (Å²) in [7, 11) is 1.57. The lowest BCUT2D eigenvalue weighted by molar-refractivity contribution is 0.0134. The SMILES string of the molecule is [C-]#[N+]C[C@H]1CN(c2nc(OC[C@@H]3CC(F)(F)CN3C)nc3c(F)c(-c4cccc5ccc(F)c(Cl)c45)ncc23)CCN1C(=O)OC(C)(C)C. The standard InChI is InChI=1S/C34H34ClF4N7O3/c1-33(2,3)49-32(47)46-12-11-45(16-21(46)14-40-4)30-23-15-41-28(22-8-6-7-19-9-10-24(36)26(35)25(19)22)27(37)29(23)42-31(43-30)48-17-20-13-34(38,39)18-44(20)5/h6-10,15,20-21H,11-14,16-18H2,1-3,5H3/t20-,21-/m0/s1. The second-order valence-electron chi connectivity index (χ2n) is 13.3. The first kappa shape index (κ1) is 34.4. The Morgan fingerprint density at radius 2 is 1.92 bits per heavy atom. The summed E-state index contributed by atoms with van der Waals surface area (Å²) in [6.45, 7) is 12.7. The molecule has 2 aliphatic rings. The van der Waals surface area contributed by atoms with E-state index >= 15 is 4.39 Å². The molecule has 2 saturated heterocycles. The lowest BCUT2D eigenvalue weighted by Crippen LogP contribution is -2.57. The number of carbonyl (C=O) groups excluding carboxylic acids is 1. The highest BCUT2D eigenvalue weighted by atomic mass is 35.5. The van der Waals surface area contributed by atoms with Gasteiger partial charge in [-0.3, -0.25) is 14.8 Å². The molecule has 0 N–H and O–H groups in total. The van der Waals surface area contributed by atoms with E-state index in [1.807, 2.05) is 0 Å². The van der Waals surface area contributed by atoms with Gasteiger partial charge in [-0.25, -0.2) is 28.9 Å². The van der Waals surface area contributed by atoms with E-state index < -0.39 is 54.3 Å². The molecule has 6 rings (SSSR count). The fourth-order valence-corrected chi connectivity index (χ4v) is 6.58. The second-order valence-corrected chi connectivity index (χ2v) is 13.7. The van der Waals surface area contributed by atoms with E-state index in [-0.39, 0.29) is 77.2 Å². The number of halogens is 5.